The molecule has 1 saturated heterocycles. The molecule has 1 heterocycles. The van der Waals surface area contributed by atoms with Gasteiger partial charge in [0, 0.05) is 13.2 Å². The van der Waals surface area contributed by atoms with Crippen molar-refractivity contribution in [1.29, 1.82) is 0 Å². The molecule has 4 aliphatic carbocycles. The second-order valence-corrected chi connectivity index (χ2v) is 8.01. The van der Waals surface area contributed by atoms with Gasteiger partial charge in [-0.15, -0.1) is 0 Å². The van der Waals surface area contributed by atoms with Crippen LogP contribution in [0.25, 0.3) is 0 Å². The van der Waals surface area contributed by atoms with Crippen LogP contribution in [0.4, 0.5) is 0 Å². The maximum atomic E-state index is 5.69. The zero-order valence-corrected chi connectivity index (χ0v) is 12.2. The first-order valence-corrected chi connectivity index (χ1v) is 8.64. The lowest BCUT2D eigenvalue weighted by Gasteiger charge is -2.57. The van der Waals surface area contributed by atoms with Crippen molar-refractivity contribution in [3.8, 4) is 0 Å². The van der Waals surface area contributed by atoms with Crippen LogP contribution < -0.4 is 5.32 Å². The molecule has 1 N–H and O–H groups in total. The smallest absolute Gasteiger partial charge is 0.0700 e. The van der Waals surface area contributed by atoms with Crippen LogP contribution in [0.1, 0.15) is 57.8 Å². The SMILES string of the molecule is C1COC(CNCCC23CC4CC(CC(C4)C2)C3)C1. The van der Waals surface area contributed by atoms with E-state index in [1.165, 1.54) is 25.8 Å². The summed E-state index contributed by atoms with van der Waals surface area (Å²) in [5.74, 6) is 3.30. The van der Waals surface area contributed by atoms with E-state index in [0.29, 0.717) is 6.10 Å². The van der Waals surface area contributed by atoms with Crippen molar-refractivity contribution in [3.63, 3.8) is 0 Å². The Morgan fingerprint density at radius 2 is 1.68 bits per heavy atom. The normalized spacial score (nSPS) is 48.0. The molecule has 0 aromatic rings. The molecular weight excluding hydrogens is 234 g/mol. The summed E-state index contributed by atoms with van der Waals surface area (Å²) >= 11 is 0. The Bertz CT molecular complexity index is 286. The summed E-state index contributed by atoms with van der Waals surface area (Å²) in [5.41, 5.74) is 0.748. The van der Waals surface area contributed by atoms with E-state index < -0.39 is 0 Å². The third-order valence-electron chi connectivity index (χ3n) is 6.39. The molecule has 0 spiro atoms. The lowest BCUT2D eigenvalue weighted by molar-refractivity contribution is -0.0569. The monoisotopic (exact) mass is 263 g/mol. The van der Waals surface area contributed by atoms with Gasteiger partial charge in [0.05, 0.1) is 6.10 Å². The van der Waals surface area contributed by atoms with E-state index in [9.17, 15) is 0 Å². The number of rotatable bonds is 5. The Morgan fingerprint density at radius 1 is 1.00 bits per heavy atom. The standard InChI is InChI=1S/C17H29NO/c1-2-16(19-5-1)12-18-4-3-17-9-13-6-14(10-17)8-15(7-13)11-17/h13-16,18H,1-12H2. The van der Waals surface area contributed by atoms with Gasteiger partial charge in [0.1, 0.15) is 0 Å². The van der Waals surface area contributed by atoms with E-state index in [-0.39, 0.29) is 0 Å². The zero-order chi connectivity index (χ0) is 12.7. The highest BCUT2D eigenvalue weighted by molar-refractivity contribution is 5.01. The summed E-state index contributed by atoms with van der Waals surface area (Å²) in [6.45, 7) is 3.31. The molecule has 5 aliphatic rings. The fourth-order valence-electron chi connectivity index (χ4n) is 6.02. The molecule has 2 heteroatoms. The van der Waals surface area contributed by atoms with Gasteiger partial charge in [0.25, 0.3) is 0 Å². The first-order chi connectivity index (χ1) is 9.31. The average Bonchev–Trinajstić information content (AvgIpc) is 2.86. The van der Waals surface area contributed by atoms with Crippen molar-refractivity contribution >= 4 is 0 Å². The first-order valence-electron chi connectivity index (χ1n) is 8.64. The van der Waals surface area contributed by atoms with E-state index in [1.807, 2.05) is 0 Å². The maximum absolute atomic E-state index is 5.69. The number of ether oxygens (including phenoxy) is 1. The van der Waals surface area contributed by atoms with Crippen molar-refractivity contribution in [2.24, 2.45) is 23.2 Å². The highest BCUT2D eigenvalue weighted by Crippen LogP contribution is 2.61. The van der Waals surface area contributed by atoms with Gasteiger partial charge < -0.3 is 10.1 Å². The van der Waals surface area contributed by atoms with Gasteiger partial charge in [-0.25, -0.2) is 0 Å². The topological polar surface area (TPSA) is 21.3 Å². The van der Waals surface area contributed by atoms with Crippen molar-refractivity contribution in [2.45, 2.75) is 63.9 Å². The molecule has 4 bridgehead atoms. The fourth-order valence-corrected chi connectivity index (χ4v) is 6.02. The van der Waals surface area contributed by atoms with Crippen LogP contribution in [0.15, 0.2) is 0 Å². The lowest BCUT2D eigenvalue weighted by atomic mass is 9.49. The minimum atomic E-state index is 0.511. The quantitative estimate of drug-likeness (QED) is 0.768. The highest BCUT2D eigenvalue weighted by Gasteiger charge is 2.50. The zero-order valence-electron chi connectivity index (χ0n) is 12.2. The molecule has 0 aromatic heterocycles. The largest absolute Gasteiger partial charge is 0.377 e. The Hall–Kier alpha value is -0.0800. The Kier molecular flexibility index (Phi) is 3.35. The highest BCUT2D eigenvalue weighted by atomic mass is 16.5. The molecule has 19 heavy (non-hydrogen) atoms. The second kappa shape index (κ2) is 5.04. The summed E-state index contributed by atoms with van der Waals surface area (Å²) in [6, 6.07) is 0. The van der Waals surface area contributed by atoms with Gasteiger partial charge in [-0.2, -0.15) is 0 Å². The fraction of sp³-hybridized carbons (Fsp3) is 1.00. The van der Waals surface area contributed by atoms with Crippen LogP contribution in [0, 0.1) is 23.2 Å². The second-order valence-electron chi connectivity index (χ2n) is 8.01. The van der Waals surface area contributed by atoms with Crippen LogP contribution in [-0.4, -0.2) is 25.8 Å². The number of nitrogens with one attached hydrogen (secondary N) is 1. The van der Waals surface area contributed by atoms with E-state index in [2.05, 4.69) is 5.32 Å². The minimum Gasteiger partial charge on any atom is -0.377 e. The molecule has 1 aliphatic heterocycles. The van der Waals surface area contributed by atoms with Crippen LogP contribution in [-0.2, 0) is 4.74 Å². The Balaban J connectivity index is 1.26. The van der Waals surface area contributed by atoms with Crippen LogP contribution in [0.3, 0.4) is 0 Å². The Labute approximate surface area is 117 Å². The first kappa shape index (κ1) is 12.6. The summed E-state index contributed by atoms with van der Waals surface area (Å²) in [7, 11) is 0. The van der Waals surface area contributed by atoms with Crippen LogP contribution in [0.2, 0.25) is 0 Å². The molecule has 2 nitrogen and oxygen atoms in total. The summed E-state index contributed by atoms with van der Waals surface area (Å²) in [6.07, 6.45) is 13.9. The van der Waals surface area contributed by atoms with Gasteiger partial charge in [-0.05, 0) is 87.5 Å². The average molecular weight is 263 g/mol. The van der Waals surface area contributed by atoms with Gasteiger partial charge >= 0.3 is 0 Å². The minimum absolute atomic E-state index is 0.511. The van der Waals surface area contributed by atoms with Crippen LogP contribution >= 0.6 is 0 Å². The number of hydrogen-bond acceptors (Lipinski definition) is 2. The molecule has 0 amide bonds. The van der Waals surface area contributed by atoms with Crippen molar-refractivity contribution in [2.75, 3.05) is 19.7 Å². The molecule has 108 valence electrons. The number of hydrogen-bond donors (Lipinski definition) is 1. The molecule has 0 aromatic carbocycles. The van der Waals surface area contributed by atoms with Crippen molar-refractivity contribution < 1.29 is 4.74 Å². The summed E-state index contributed by atoms with van der Waals surface area (Å²) < 4.78 is 5.69. The van der Waals surface area contributed by atoms with Gasteiger partial charge in [0.15, 0.2) is 0 Å². The van der Waals surface area contributed by atoms with E-state index in [0.717, 1.165) is 36.3 Å². The molecule has 1 unspecified atom stereocenters. The van der Waals surface area contributed by atoms with E-state index >= 15 is 0 Å². The van der Waals surface area contributed by atoms with Crippen LogP contribution in [0.5, 0.6) is 0 Å². The van der Waals surface area contributed by atoms with Gasteiger partial charge in [-0.3, -0.25) is 0 Å². The third kappa shape index (κ3) is 2.58. The molecule has 5 fully saturated rings. The van der Waals surface area contributed by atoms with Crippen molar-refractivity contribution in [3.05, 3.63) is 0 Å². The predicted octanol–water partition coefficient (Wildman–Crippen LogP) is 3.36. The summed E-state index contributed by atoms with van der Waals surface area (Å²) in [5, 5.41) is 3.68. The molecular formula is C17H29NO. The third-order valence-corrected chi connectivity index (χ3v) is 6.39. The van der Waals surface area contributed by atoms with Gasteiger partial charge in [-0.1, -0.05) is 0 Å². The van der Waals surface area contributed by atoms with E-state index in [4.69, 9.17) is 4.74 Å². The predicted molar refractivity (Wildman–Crippen MR) is 77.1 cm³/mol. The summed E-state index contributed by atoms with van der Waals surface area (Å²) in [4.78, 5) is 0. The lowest BCUT2D eigenvalue weighted by Crippen LogP contribution is -2.47. The van der Waals surface area contributed by atoms with E-state index in [1.54, 1.807) is 38.5 Å². The van der Waals surface area contributed by atoms with Gasteiger partial charge in [0.2, 0.25) is 0 Å². The molecule has 5 rings (SSSR count). The molecule has 4 saturated carbocycles. The molecule has 1 atom stereocenters. The molecule has 0 radical (unpaired) electrons. The van der Waals surface area contributed by atoms with Crippen molar-refractivity contribution in [1.82, 2.24) is 5.32 Å². The Morgan fingerprint density at radius 3 is 2.26 bits per heavy atom. The maximum Gasteiger partial charge on any atom is 0.0700 e.